The second-order valence-corrected chi connectivity index (χ2v) is 4.37. The lowest BCUT2D eigenvalue weighted by atomic mass is 9.51. The predicted octanol–water partition coefficient (Wildman–Crippen LogP) is 0.581. The number of nitrogens with zero attached hydrogens (tertiary/aromatic N) is 1. The highest BCUT2D eigenvalue weighted by atomic mass is 16.5. The molecule has 0 amide bonds. The summed E-state index contributed by atoms with van der Waals surface area (Å²) < 4.78 is 5.48. The molecule has 5 atom stereocenters. The third-order valence-electron chi connectivity index (χ3n) is 4.07. The van der Waals surface area contributed by atoms with Crippen molar-refractivity contribution in [2.45, 2.75) is 18.6 Å². The van der Waals surface area contributed by atoms with Crippen molar-refractivity contribution in [3.05, 3.63) is 0 Å². The molecule has 1 heterocycles. The molecule has 2 saturated carbocycles. The second kappa shape index (κ2) is 1.80. The number of likely N-dealkylation sites (tertiary alicyclic amines) is 1. The van der Waals surface area contributed by atoms with Crippen molar-refractivity contribution in [2.24, 2.45) is 17.8 Å². The zero-order valence-corrected chi connectivity index (χ0v) is 7.16. The zero-order valence-electron chi connectivity index (χ0n) is 7.16. The normalized spacial score (nSPS) is 60.0. The van der Waals surface area contributed by atoms with E-state index in [0.717, 1.165) is 23.8 Å². The van der Waals surface area contributed by atoms with Crippen molar-refractivity contribution in [2.75, 3.05) is 20.7 Å². The van der Waals surface area contributed by atoms with Gasteiger partial charge in [-0.15, -0.1) is 0 Å². The Balaban J connectivity index is 1.85. The van der Waals surface area contributed by atoms with Gasteiger partial charge in [-0.05, 0) is 31.2 Å². The molecule has 0 N–H and O–H groups in total. The van der Waals surface area contributed by atoms with E-state index in [2.05, 4.69) is 11.9 Å². The maximum Gasteiger partial charge on any atom is 0.0760 e. The summed E-state index contributed by atoms with van der Waals surface area (Å²) in [7, 11) is 4.10. The lowest BCUT2D eigenvalue weighted by Gasteiger charge is -2.58. The maximum absolute atomic E-state index is 5.48. The smallest absolute Gasteiger partial charge is 0.0760 e. The average Bonchev–Trinajstić information content (AvgIpc) is 2.13. The van der Waals surface area contributed by atoms with Crippen molar-refractivity contribution in [1.29, 1.82) is 0 Å². The summed E-state index contributed by atoms with van der Waals surface area (Å²) in [5, 5.41) is 0. The van der Waals surface area contributed by atoms with Gasteiger partial charge in [-0.3, -0.25) is 0 Å². The van der Waals surface area contributed by atoms with E-state index in [1.54, 1.807) is 0 Å². The monoisotopic (exact) mass is 153 g/mol. The largest absolute Gasteiger partial charge is 0.380 e. The Morgan fingerprint density at radius 1 is 1.45 bits per heavy atom. The molecule has 2 unspecified atom stereocenters. The fourth-order valence-electron chi connectivity index (χ4n) is 3.58. The topological polar surface area (TPSA) is 12.5 Å². The number of rotatable bonds is 1. The summed E-state index contributed by atoms with van der Waals surface area (Å²) in [5.41, 5.74) is 0. The van der Waals surface area contributed by atoms with Crippen LogP contribution in [0.2, 0.25) is 0 Å². The first-order chi connectivity index (χ1) is 5.33. The standard InChI is InChI=1S/C9H15NO/c1-10-4-5-3-6-7(5)8(10)9(6)11-2/h5-9H,3-4H2,1-2H3/t5-,6?,7+,8+,9?/m1/s1. The number of hydrogen-bond donors (Lipinski definition) is 0. The summed E-state index contributed by atoms with van der Waals surface area (Å²) in [6.45, 7) is 1.33. The molecule has 0 aromatic rings. The molecule has 0 bridgehead atoms. The average molecular weight is 153 g/mol. The van der Waals surface area contributed by atoms with Crippen molar-refractivity contribution < 1.29 is 4.74 Å². The molecule has 11 heavy (non-hydrogen) atoms. The van der Waals surface area contributed by atoms with Gasteiger partial charge in [0.15, 0.2) is 0 Å². The highest BCUT2D eigenvalue weighted by Gasteiger charge is 2.66. The summed E-state index contributed by atoms with van der Waals surface area (Å²) in [6, 6.07) is 0.781. The van der Waals surface area contributed by atoms with Gasteiger partial charge >= 0.3 is 0 Å². The van der Waals surface area contributed by atoms with Crippen molar-refractivity contribution in [3.8, 4) is 0 Å². The van der Waals surface area contributed by atoms with E-state index in [1.807, 2.05) is 7.11 Å². The van der Waals surface area contributed by atoms with Gasteiger partial charge in [0.2, 0.25) is 0 Å². The van der Waals surface area contributed by atoms with E-state index >= 15 is 0 Å². The van der Waals surface area contributed by atoms with Gasteiger partial charge in [0.25, 0.3) is 0 Å². The molecule has 62 valence electrons. The van der Waals surface area contributed by atoms with Gasteiger partial charge in [-0.1, -0.05) is 0 Å². The highest BCUT2D eigenvalue weighted by Crippen LogP contribution is 2.61. The third-order valence-corrected chi connectivity index (χ3v) is 4.07. The first-order valence-corrected chi connectivity index (χ1v) is 4.56. The maximum atomic E-state index is 5.48. The van der Waals surface area contributed by atoms with E-state index in [4.69, 9.17) is 4.74 Å². The lowest BCUT2D eigenvalue weighted by molar-refractivity contribution is -0.162. The summed E-state index contributed by atoms with van der Waals surface area (Å²) in [4.78, 5) is 2.49. The Bertz CT molecular complexity index is 194. The van der Waals surface area contributed by atoms with Crippen LogP contribution in [0, 0.1) is 17.8 Å². The Morgan fingerprint density at radius 3 is 3.00 bits per heavy atom. The van der Waals surface area contributed by atoms with Crippen LogP contribution in [0.4, 0.5) is 0 Å². The Hall–Kier alpha value is -0.0800. The van der Waals surface area contributed by atoms with Crippen molar-refractivity contribution in [1.82, 2.24) is 4.90 Å². The minimum atomic E-state index is 0.573. The molecular weight excluding hydrogens is 138 g/mol. The lowest BCUT2D eigenvalue weighted by Crippen LogP contribution is -2.64. The number of hydrogen-bond acceptors (Lipinski definition) is 2. The van der Waals surface area contributed by atoms with Crippen LogP contribution in [0.1, 0.15) is 6.42 Å². The molecule has 3 rings (SSSR count). The van der Waals surface area contributed by atoms with E-state index in [-0.39, 0.29) is 0 Å². The van der Waals surface area contributed by atoms with Gasteiger partial charge in [-0.2, -0.15) is 0 Å². The van der Waals surface area contributed by atoms with Crippen LogP contribution < -0.4 is 0 Å². The van der Waals surface area contributed by atoms with Crippen LogP contribution >= 0.6 is 0 Å². The van der Waals surface area contributed by atoms with Gasteiger partial charge in [0.05, 0.1) is 6.10 Å². The highest BCUT2D eigenvalue weighted by molar-refractivity contribution is 5.17. The molecule has 0 spiro atoms. The molecule has 0 radical (unpaired) electrons. The first-order valence-electron chi connectivity index (χ1n) is 4.56. The molecule has 2 heteroatoms. The third kappa shape index (κ3) is 0.541. The quantitative estimate of drug-likeness (QED) is 0.546. The van der Waals surface area contributed by atoms with Crippen LogP contribution in [0.25, 0.3) is 0 Å². The van der Waals surface area contributed by atoms with Crippen LogP contribution in [-0.4, -0.2) is 37.7 Å². The fraction of sp³-hybridized carbons (Fsp3) is 1.00. The molecular formula is C9H15NO. The number of methoxy groups -OCH3 is 1. The molecule has 1 aliphatic heterocycles. The van der Waals surface area contributed by atoms with E-state index < -0.39 is 0 Å². The minimum absolute atomic E-state index is 0.573. The summed E-state index contributed by atoms with van der Waals surface area (Å²) in [6.07, 6.45) is 2.01. The first kappa shape index (κ1) is 6.44. The van der Waals surface area contributed by atoms with Crippen LogP contribution in [0.3, 0.4) is 0 Å². The molecule has 2 nitrogen and oxygen atoms in total. The molecule has 0 aromatic carbocycles. The summed E-state index contributed by atoms with van der Waals surface area (Å²) >= 11 is 0. The Kier molecular flexibility index (Phi) is 1.06. The van der Waals surface area contributed by atoms with E-state index in [0.29, 0.717) is 6.10 Å². The Labute approximate surface area is 67.5 Å². The van der Waals surface area contributed by atoms with Gasteiger partial charge in [0.1, 0.15) is 0 Å². The minimum Gasteiger partial charge on any atom is -0.380 e. The molecule has 3 fully saturated rings. The molecule has 2 aliphatic carbocycles. The van der Waals surface area contributed by atoms with Gasteiger partial charge < -0.3 is 9.64 Å². The van der Waals surface area contributed by atoms with Crippen molar-refractivity contribution in [3.63, 3.8) is 0 Å². The van der Waals surface area contributed by atoms with Crippen LogP contribution in [0.15, 0.2) is 0 Å². The Morgan fingerprint density at radius 2 is 2.27 bits per heavy atom. The van der Waals surface area contributed by atoms with E-state index in [1.165, 1.54) is 13.0 Å². The molecule has 3 aliphatic rings. The van der Waals surface area contributed by atoms with Crippen LogP contribution in [0.5, 0.6) is 0 Å². The SMILES string of the molecule is COC1C2C[C@@H]3CN(C)[C@H]1[C@H]23. The molecule has 1 saturated heterocycles. The second-order valence-electron chi connectivity index (χ2n) is 4.37. The van der Waals surface area contributed by atoms with Gasteiger partial charge in [-0.25, -0.2) is 0 Å². The zero-order chi connectivity index (χ0) is 7.59. The predicted molar refractivity (Wildman–Crippen MR) is 42.3 cm³/mol. The van der Waals surface area contributed by atoms with Gasteiger partial charge in [0, 0.05) is 19.7 Å². The van der Waals surface area contributed by atoms with E-state index in [9.17, 15) is 0 Å². The van der Waals surface area contributed by atoms with Crippen LogP contribution in [-0.2, 0) is 4.74 Å². The fourth-order valence-corrected chi connectivity index (χ4v) is 3.58. The molecule has 0 aromatic heterocycles. The number of ether oxygens (including phenoxy) is 1. The summed E-state index contributed by atoms with van der Waals surface area (Å²) in [5.74, 6) is 2.98. The number of likely N-dealkylation sites (N-methyl/N-ethyl adjacent to an activating group) is 1. The van der Waals surface area contributed by atoms with Crippen molar-refractivity contribution >= 4 is 0 Å².